The van der Waals surface area contributed by atoms with Gasteiger partial charge in [0.25, 0.3) is 0 Å². The van der Waals surface area contributed by atoms with Crippen molar-refractivity contribution in [1.29, 1.82) is 0 Å². The Hall–Kier alpha value is -2.49. The van der Waals surface area contributed by atoms with Gasteiger partial charge in [0.2, 0.25) is 17.7 Å². The van der Waals surface area contributed by atoms with Crippen molar-refractivity contribution in [2.45, 2.75) is 51.5 Å². The van der Waals surface area contributed by atoms with Gasteiger partial charge in [-0.1, -0.05) is 26.2 Å². The SMILES string of the molecule is CCN(CC(=O)NCC1(N2CCOCC2)CCCCC1)CC(=O)Nc1ccc(NC(C)=O)cc1. The topological polar surface area (TPSA) is 103 Å². The molecule has 1 aromatic rings. The maximum absolute atomic E-state index is 12.8. The predicted molar refractivity (Wildman–Crippen MR) is 133 cm³/mol. The van der Waals surface area contributed by atoms with Gasteiger partial charge in [0.05, 0.1) is 26.3 Å². The second-order valence-electron chi connectivity index (χ2n) is 9.27. The molecule has 9 nitrogen and oxygen atoms in total. The third kappa shape index (κ3) is 7.78. The summed E-state index contributed by atoms with van der Waals surface area (Å²) >= 11 is 0. The lowest BCUT2D eigenvalue weighted by Gasteiger charge is -2.48. The van der Waals surface area contributed by atoms with Gasteiger partial charge in [-0.2, -0.15) is 0 Å². The number of ether oxygens (including phenoxy) is 1. The molecule has 1 saturated heterocycles. The smallest absolute Gasteiger partial charge is 0.238 e. The lowest BCUT2D eigenvalue weighted by Crippen LogP contribution is -2.60. The largest absolute Gasteiger partial charge is 0.379 e. The second-order valence-corrected chi connectivity index (χ2v) is 9.27. The Morgan fingerprint density at radius 2 is 1.53 bits per heavy atom. The van der Waals surface area contributed by atoms with E-state index in [0.717, 1.165) is 39.1 Å². The number of carbonyl (C=O) groups is 3. The molecule has 3 rings (SSSR count). The third-order valence-electron chi connectivity index (χ3n) is 6.75. The Morgan fingerprint density at radius 3 is 2.12 bits per heavy atom. The van der Waals surface area contributed by atoms with E-state index in [1.165, 1.54) is 26.2 Å². The minimum atomic E-state index is -0.181. The van der Waals surface area contributed by atoms with Crippen LogP contribution in [0.5, 0.6) is 0 Å². The highest BCUT2D eigenvalue weighted by Gasteiger charge is 2.38. The summed E-state index contributed by atoms with van der Waals surface area (Å²) in [6, 6.07) is 6.94. The number of nitrogens with one attached hydrogen (secondary N) is 3. The van der Waals surface area contributed by atoms with Crippen LogP contribution in [0.4, 0.5) is 11.4 Å². The summed E-state index contributed by atoms with van der Waals surface area (Å²) < 4.78 is 5.54. The summed E-state index contributed by atoms with van der Waals surface area (Å²) in [6.45, 7) is 8.30. The Labute approximate surface area is 202 Å². The highest BCUT2D eigenvalue weighted by atomic mass is 16.5. The van der Waals surface area contributed by atoms with E-state index in [1.807, 2.05) is 11.8 Å². The van der Waals surface area contributed by atoms with Crippen LogP contribution in [0.15, 0.2) is 24.3 Å². The minimum Gasteiger partial charge on any atom is -0.379 e. The Balaban J connectivity index is 1.47. The van der Waals surface area contributed by atoms with E-state index in [4.69, 9.17) is 4.74 Å². The van der Waals surface area contributed by atoms with Gasteiger partial charge in [-0.3, -0.25) is 24.2 Å². The molecule has 0 aromatic heterocycles. The lowest BCUT2D eigenvalue weighted by molar-refractivity contribution is -0.124. The van der Waals surface area contributed by atoms with Crippen LogP contribution < -0.4 is 16.0 Å². The predicted octanol–water partition coefficient (Wildman–Crippen LogP) is 2.06. The number of likely N-dealkylation sites (N-methyl/N-ethyl adjacent to an activating group) is 1. The molecule has 1 aliphatic heterocycles. The number of nitrogens with zero attached hydrogens (tertiary/aromatic N) is 2. The molecule has 2 aliphatic rings. The molecule has 0 unspecified atom stereocenters. The normalized spacial score (nSPS) is 18.3. The molecule has 1 aliphatic carbocycles. The minimum absolute atomic E-state index is 0.0233. The lowest BCUT2D eigenvalue weighted by atomic mass is 9.79. The van der Waals surface area contributed by atoms with Gasteiger partial charge in [-0.15, -0.1) is 0 Å². The van der Waals surface area contributed by atoms with Crippen molar-refractivity contribution < 1.29 is 19.1 Å². The zero-order chi connectivity index (χ0) is 24.4. The fourth-order valence-corrected chi connectivity index (χ4v) is 4.90. The molecule has 34 heavy (non-hydrogen) atoms. The molecule has 0 spiro atoms. The molecule has 0 radical (unpaired) electrons. The number of amides is 3. The highest BCUT2D eigenvalue weighted by Crippen LogP contribution is 2.33. The molecule has 9 heteroatoms. The first-order valence-electron chi connectivity index (χ1n) is 12.4. The van der Waals surface area contributed by atoms with Crippen LogP contribution in [-0.2, 0) is 19.1 Å². The molecule has 1 heterocycles. The Bertz CT molecular complexity index is 817. The third-order valence-corrected chi connectivity index (χ3v) is 6.75. The van der Waals surface area contributed by atoms with Crippen LogP contribution in [0.2, 0.25) is 0 Å². The molecule has 0 atom stereocenters. The monoisotopic (exact) mass is 473 g/mol. The van der Waals surface area contributed by atoms with Gasteiger partial charge in [0, 0.05) is 43.5 Å². The molecule has 0 bridgehead atoms. The van der Waals surface area contributed by atoms with Crippen molar-refractivity contribution in [3.63, 3.8) is 0 Å². The van der Waals surface area contributed by atoms with Crippen LogP contribution in [0.1, 0.15) is 46.0 Å². The highest BCUT2D eigenvalue weighted by molar-refractivity contribution is 5.93. The van der Waals surface area contributed by atoms with Crippen molar-refractivity contribution in [3.8, 4) is 0 Å². The first-order valence-corrected chi connectivity index (χ1v) is 12.4. The zero-order valence-electron chi connectivity index (χ0n) is 20.5. The van der Waals surface area contributed by atoms with Crippen molar-refractivity contribution in [2.24, 2.45) is 0 Å². The molecule has 3 amide bonds. The number of carbonyl (C=O) groups excluding carboxylic acids is 3. The molecular formula is C25H39N5O4. The Morgan fingerprint density at radius 1 is 0.941 bits per heavy atom. The summed E-state index contributed by atoms with van der Waals surface area (Å²) in [4.78, 5) is 40.8. The summed E-state index contributed by atoms with van der Waals surface area (Å²) in [5.74, 6) is -0.375. The Kier molecular flexibility index (Phi) is 9.86. The average Bonchev–Trinajstić information content (AvgIpc) is 2.84. The summed E-state index contributed by atoms with van der Waals surface area (Å²) in [7, 11) is 0. The number of rotatable bonds is 10. The van der Waals surface area contributed by atoms with E-state index >= 15 is 0 Å². The number of hydrogen-bond donors (Lipinski definition) is 3. The van der Waals surface area contributed by atoms with Gasteiger partial charge in [-0.25, -0.2) is 0 Å². The maximum atomic E-state index is 12.8. The van der Waals surface area contributed by atoms with Crippen molar-refractivity contribution in [2.75, 3.05) is 63.1 Å². The van der Waals surface area contributed by atoms with Crippen LogP contribution in [0, 0.1) is 0 Å². The molecule has 3 N–H and O–H groups in total. The zero-order valence-corrected chi connectivity index (χ0v) is 20.5. The van der Waals surface area contributed by atoms with Crippen LogP contribution in [0.25, 0.3) is 0 Å². The van der Waals surface area contributed by atoms with Crippen LogP contribution in [-0.4, -0.2) is 85.5 Å². The van der Waals surface area contributed by atoms with E-state index in [0.29, 0.717) is 24.5 Å². The number of morpholine rings is 1. The van der Waals surface area contributed by atoms with Crippen molar-refractivity contribution >= 4 is 29.1 Å². The number of anilines is 2. The first-order chi connectivity index (χ1) is 16.4. The quantitative estimate of drug-likeness (QED) is 0.481. The van der Waals surface area contributed by atoms with Crippen LogP contribution in [0.3, 0.4) is 0 Å². The molecular weight excluding hydrogens is 434 g/mol. The maximum Gasteiger partial charge on any atom is 0.238 e. The van der Waals surface area contributed by atoms with Gasteiger partial charge in [-0.05, 0) is 43.7 Å². The summed E-state index contributed by atoms with van der Waals surface area (Å²) in [6.07, 6.45) is 5.86. The van der Waals surface area contributed by atoms with E-state index in [2.05, 4.69) is 20.9 Å². The van der Waals surface area contributed by atoms with Gasteiger partial charge < -0.3 is 20.7 Å². The van der Waals surface area contributed by atoms with Crippen molar-refractivity contribution in [3.05, 3.63) is 24.3 Å². The summed E-state index contributed by atoms with van der Waals surface area (Å²) in [5, 5.41) is 8.71. The molecule has 188 valence electrons. The van der Waals surface area contributed by atoms with E-state index in [1.54, 1.807) is 24.3 Å². The van der Waals surface area contributed by atoms with Crippen molar-refractivity contribution in [1.82, 2.24) is 15.1 Å². The molecule has 1 saturated carbocycles. The molecule has 1 aromatic carbocycles. The number of benzene rings is 1. The molecule has 2 fully saturated rings. The van der Waals surface area contributed by atoms with E-state index in [9.17, 15) is 14.4 Å². The average molecular weight is 474 g/mol. The van der Waals surface area contributed by atoms with Gasteiger partial charge in [0.1, 0.15) is 0 Å². The van der Waals surface area contributed by atoms with Crippen LogP contribution >= 0.6 is 0 Å². The van der Waals surface area contributed by atoms with Gasteiger partial charge >= 0.3 is 0 Å². The summed E-state index contributed by atoms with van der Waals surface area (Å²) in [5.41, 5.74) is 1.34. The second kappa shape index (κ2) is 12.8. The number of hydrogen-bond acceptors (Lipinski definition) is 6. The van der Waals surface area contributed by atoms with Gasteiger partial charge in [0.15, 0.2) is 0 Å². The fourth-order valence-electron chi connectivity index (χ4n) is 4.90. The standard InChI is InChI=1S/C25H39N5O4/c1-3-29(18-24(33)28-22-9-7-21(8-10-22)27-20(2)31)17-23(32)26-19-25(11-5-4-6-12-25)30-13-15-34-16-14-30/h7-10H,3-6,11-19H2,1-2H3,(H,26,32)(H,27,31)(H,28,33). The first kappa shape index (κ1) is 26.1. The van der Waals surface area contributed by atoms with E-state index in [-0.39, 0.29) is 36.3 Å². The van der Waals surface area contributed by atoms with E-state index < -0.39 is 0 Å². The fraction of sp³-hybridized carbons (Fsp3) is 0.640.